The van der Waals surface area contributed by atoms with Crippen LogP contribution in [-0.2, 0) is 4.74 Å². The Kier molecular flexibility index (Phi) is 4.91. The molecule has 0 amide bonds. The molecule has 2 unspecified atom stereocenters. The molecule has 112 valence electrons. The summed E-state index contributed by atoms with van der Waals surface area (Å²) in [4.78, 5) is 2.62. The van der Waals surface area contributed by atoms with E-state index in [2.05, 4.69) is 37.9 Å². The van der Waals surface area contributed by atoms with Gasteiger partial charge in [0.05, 0.1) is 6.10 Å². The molecule has 0 radical (unpaired) electrons. The monoisotopic (exact) mass is 268 g/mol. The summed E-state index contributed by atoms with van der Waals surface area (Å²) in [6.07, 6.45) is 4.22. The number of likely N-dealkylation sites (tertiary alicyclic amines) is 1. The largest absolute Gasteiger partial charge is 0.381 e. The number of methoxy groups -OCH3 is 1. The Morgan fingerprint density at radius 3 is 2.37 bits per heavy atom. The molecule has 1 N–H and O–H groups in total. The van der Waals surface area contributed by atoms with Crippen LogP contribution < -0.4 is 5.32 Å². The van der Waals surface area contributed by atoms with Crippen molar-refractivity contribution in [1.29, 1.82) is 0 Å². The molecule has 2 atom stereocenters. The smallest absolute Gasteiger partial charge is 0.0652 e. The van der Waals surface area contributed by atoms with Crippen LogP contribution >= 0.6 is 0 Å². The van der Waals surface area contributed by atoms with E-state index in [4.69, 9.17) is 4.74 Å². The maximum absolute atomic E-state index is 5.53. The van der Waals surface area contributed by atoms with Crippen molar-refractivity contribution >= 4 is 0 Å². The number of nitrogens with one attached hydrogen (secondary N) is 1. The highest BCUT2D eigenvalue weighted by molar-refractivity contribution is 5.03. The van der Waals surface area contributed by atoms with Gasteiger partial charge >= 0.3 is 0 Å². The first-order valence-electron chi connectivity index (χ1n) is 7.94. The highest BCUT2D eigenvalue weighted by Gasteiger charge is 2.48. The molecule has 0 aromatic carbocycles. The van der Waals surface area contributed by atoms with E-state index in [0.29, 0.717) is 23.6 Å². The number of hydrogen-bond acceptors (Lipinski definition) is 3. The zero-order chi connectivity index (χ0) is 14.0. The molecule has 3 heteroatoms. The van der Waals surface area contributed by atoms with Gasteiger partial charge in [0.1, 0.15) is 0 Å². The molecule has 0 bridgehead atoms. The van der Waals surface area contributed by atoms with Gasteiger partial charge in [-0.25, -0.2) is 0 Å². The molecule has 2 rings (SSSR count). The molecule has 19 heavy (non-hydrogen) atoms. The number of nitrogens with zero attached hydrogens (tertiary/aromatic N) is 1. The van der Waals surface area contributed by atoms with Crippen LogP contribution in [-0.4, -0.2) is 49.8 Å². The lowest BCUT2D eigenvalue weighted by Gasteiger charge is -2.53. The maximum atomic E-state index is 5.53. The highest BCUT2D eigenvalue weighted by Crippen LogP contribution is 2.42. The molecule has 1 aliphatic heterocycles. The summed E-state index contributed by atoms with van der Waals surface area (Å²) in [5, 5.41) is 3.88. The summed E-state index contributed by atoms with van der Waals surface area (Å²) in [7, 11) is 1.84. The van der Waals surface area contributed by atoms with E-state index in [1.54, 1.807) is 0 Å². The molecule has 0 spiro atoms. The second-order valence-electron chi connectivity index (χ2n) is 7.47. The average molecular weight is 268 g/mol. The van der Waals surface area contributed by atoms with E-state index >= 15 is 0 Å². The van der Waals surface area contributed by atoms with Crippen molar-refractivity contribution in [2.75, 3.05) is 26.7 Å². The Labute approximate surface area is 119 Å². The van der Waals surface area contributed by atoms with Crippen molar-refractivity contribution in [3.05, 3.63) is 0 Å². The second-order valence-corrected chi connectivity index (χ2v) is 7.47. The fourth-order valence-electron chi connectivity index (χ4n) is 3.65. The molecule has 0 aromatic rings. The summed E-state index contributed by atoms with van der Waals surface area (Å²) in [6.45, 7) is 13.1. The van der Waals surface area contributed by atoms with Crippen molar-refractivity contribution in [3.63, 3.8) is 0 Å². The first-order valence-corrected chi connectivity index (χ1v) is 7.94. The molecular weight excluding hydrogens is 236 g/mol. The van der Waals surface area contributed by atoms with Crippen molar-refractivity contribution in [2.45, 2.75) is 65.1 Å². The van der Waals surface area contributed by atoms with E-state index in [-0.39, 0.29) is 0 Å². The molecule has 1 aliphatic carbocycles. The Bertz CT molecular complexity index is 282. The predicted molar refractivity (Wildman–Crippen MR) is 80.4 cm³/mol. The molecule has 1 heterocycles. The third-order valence-corrected chi connectivity index (χ3v) is 5.11. The van der Waals surface area contributed by atoms with Crippen LogP contribution in [0.3, 0.4) is 0 Å². The minimum absolute atomic E-state index is 0.295. The van der Waals surface area contributed by atoms with Crippen molar-refractivity contribution in [3.8, 4) is 0 Å². The van der Waals surface area contributed by atoms with Crippen molar-refractivity contribution in [2.24, 2.45) is 11.3 Å². The van der Waals surface area contributed by atoms with Gasteiger partial charge in [-0.15, -0.1) is 0 Å². The van der Waals surface area contributed by atoms with Gasteiger partial charge in [0.15, 0.2) is 0 Å². The van der Waals surface area contributed by atoms with E-state index in [9.17, 15) is 0 Å². The van der Waals surface area contributed by atoms with Crippen LogP contribution in [0.2, 0.25) is 0 Å². The SMILES string of the molecule is COC1CC(NC2CCN(CC(C)C)CC2)C1(C)C. The molecule has 0 aromatic heterocycles. The topological polar surface area (TPSA) is 24.5 Å². The van der Waals surface area contributed by atoms with E-state index in [0.717, 1.165) is 5.92 Å². The molecule has 1 saturated carbocycles. The zero-order valence-electron chi connectivity index (χ0n) is 13.4. The van der Waals surface area contributed by atoms with Crippen LogP contribution in [0.15, 0.2) is 0 Å². The Hall–Kier alpha value is -0.120. The quantitative estimate of drug-likeness (QED) is 0.829. The summed E-state index contributed by atoms with van der Waals surface area (Å²) in [6, 6.07) is 1.35. The minimum Gasteiger partial charge on any atom is -0.381 e. The summed E-state index contributed by atoms with van der Waals surface area (Å²) < 4.78 is 5.53. The van der Waals surface area contributed by atoms with Gasteiger partial charge in [-0.3, -0.25) is 0 Å². The third kappa shape index (κ3) is 3.50. The number of hydrogen-bond donors (Lipinski definition) is 1. The normalized spacial score (nSPS) is 32.5. The van der Waals surface area contributed by atoms with Gasteiger partial charge in [0, 0.05) is 31.2 Å². The average Bonchev–Trinajstić information content (AvgIpc) is 2.35. The zero-order valence-corrected chi connectivity index (χ0v) is 13.4. The lowest BCUT2D eigenvalue weighted by atomic mass is 9.64. The first-order chi connectivity index (χ1) is 8.93. The lowest BCUT2D eigenvalue weighted by molar-refractivity contribution is -0.102. The Balaban J connectivity index is 1.72. The maximum Gasteiger partial charge on any atom is 0.0652 e. The van der Waals surface area contributed by atoms with E-state index in [1.807, 2.05) is 7.11 Å². The first kappa shape index (κ1) is 15.3. The van der Waals surface area contributed by atoms with Crippen LogP contribution in [0.1, 0.15) is 47.0 Å². The van der Waals surface area contributed by atoms with Crippen LogP contribution in [0, 0.1) is 11.3 Å². The van der Waals surface area contributed by atoms with E-state index < -0.39 is 0 Å². The van der Waals surface area contributed by atoms with Gasteiger partial charge in [0.2, 0.25) is 0 Å². The number of rotatable bonds is 5. The summed E-state index contributed by atoms with van der Waals surface area (Å²) >= 11 is 0. The van der Waals surface area contributed by atoms with Gasteiger partial charge in [-0.05, 0) is 38.3 Å². The standard InChI is InChI=1S/C16H32N2O/c1-12(2)11-18-8-6-13(7-9-18)17-14-10-15(19-5)16(14,3)4/h12-15,17H,6-11H2,1-5H3. The summed E-state index contributed by atoms with van der Waals surface area (Å²) in [5.74, 6) is 0.789. The van der Waals surface area contributed by atoms with Gasteiger partial charge in [0.25, 0.3) is 0 Å². The van der Waals surface area contributed by atoms with Gasteiger partial charge in [-0.1, -0.05) is 27.7 Å². The highest BCUT2D eigenvalue weighted by atomic mass is 16.5. The fraction of sp³-hybridized carbons (Fsp3) is 1.00. The predicted octanol–water partition coefficient (Wildman–Crippen LogP) is 2.51. The Morgan fingerprint density at radius 2 is 1.89 bits per heavy atom. The Morgan fingerprint density at radius 1 is 1.26 bits per heavy atom. The molecule has 2 fully saturated rings. The fourth-order valence-corrected chi connectivity index (χ4v) is 3.65. The summed E-state index contributed by atoms with van der Waals surface area (Å²) in [5.41, 5.74) is 0.295. The molecule has 3 nitrogen and oxygen atoms in total. The second kappa shape index (κ2) is 6.11. The van der Waals surface area contributed by atoms with Crippen molar-refractivity contribution in [1.82, 2.24) is 10.2 Å². The third-order valence-electron chi connectivity index (χ3n) is 5.11. The van der Waals surface area contributed by atoms with Gasteiger partial charge in [-0.2, -0.15) is 0 Å². The van der Waals surface area contributed by atoms with Crippen molar-refractivity contribution < 1.29 is 4.74 Å². The molecule has 1 saturated heterocycles. The van der Waals surface area contributed by atoms with Crippen LogP contribution in [0.25, 0.3) is 0 Å². The molecular formula is C16H32N2O. The van der Waals surface area contributed by atoms with Crippen LogP contribution in [0.5, 0.6) is 0 Å². The molecule has 2 aliphatic rings. The number of piperidine rings is 1. The number of ether oxygens (including phenoxy) is 1. The van der Waals surface area contributed by atoms with E-state index in [1.165, 1.54) is 38.9 Å². The minimum atomic E-state index is 0.295. The lowest BCUT2D eigenvalue weighted by Crippen LogP contribution is -2.63. The van der Waals surface area contributed by atoms with Crippen LogP contribution in [0.4, 0.5) is 0 Å². The van der Waals surface area contributed by atoms with Gasteiger partial charge < -0.3 is 15.0 Å².